The van der Waals surface area contributed by atoms with Gasteiger partial charge in [0.1, 0.15) is 17.5 Å². The fourth-order valence-electron chi connectivity index (χ4n) is 2.43. The zero-order chi connectivity index (χ0) is 16.6. The largest absolute Gasteiger partial charge is 0.373 e. The third-order valence-corrected chi connectivity index (χ3v) is 3.83. The van der Waals surface area contributed by atoms with Gasteiger partial charge in [0.05, 0.1) is 27.8 Å². The summed E-state index contributed by atoms with van der Waals surface area (Å²) in [6.07, 6.45) is 2.09. The molecule has 1 N–H and O–H groups in total. The molecule has 0 aliphatic carbocycles. The van der Waals surface area contributed by atoms with Gasteiger partial charge in [0.15, 0.2) is 0 Å². The number of nitrogens with one attached hydrogen (secondary N) is 1. The van der Waals surface area contributed by atoms with Gasteiger partial charge in [-0.25, -0.2) is 14.4 Å². The van der Waals surface area contributed by atoms with Crippen molar-refractivity contribution in [2.24, 2.45) is 0 Å². The summed E-state index contributed by atoms with van der Waals surface area (Å²) in [5.74, 6) is 0.651. The van der Waals surface area contributed by atoms with E-state index in [9.17, 15) is 9.18 Å². The second-order valence-corrected chi connectivity index (χ2v) is 5.36. The first-order chi connectivity index (χ1) is 11.0. The molecule has 3 aromatic rings. The molecule has 0 bridgehead atoms. The van der Waals surface area contributed by atoms with Gasteiger partial charge in [0.2, 0.25) is 0 Å². The number of pyridine rings is 1. The summed E-state index contributed by atoms with van der Waals surface area (Å²) in [7, 11) is 1.76. The summed E-state index contributed by atoms with van der Waals surface area (Å²) in [4.78, 5) is 21.5. The van der Waals surface area contributed by atoms with Gasteiger partial charge in [-0.15, -0.1) is 0 Å². The molecule has 0 aliphatic rings. The van der Waals surface area contributed by atoms with Gasteiger partial charge in [-0.2, -0.15) is 0 Å². The lowest BCUT2D eigenvalue weighted by atomic mass is 10.2. The predicted molar refractivity (Wildman–Crippen MR) is 89.0 cm³/mol. The minimum Gasteiger partial charge on any atom is -0.373 e. The topological polar surface area (TPSA) is 59.8 Å². The van der Waals surface area contributed by atoms with Crippen LogP contribution in [0.5, 0.6) is 0 Å². The summed E-state index contributed by atoms with van der Waals surface area (Å²) < 4.78 is 15.0. The molecule has 5 nitrogen and oxygen atoms in total. The Balaban J connectivity index is 2.34. The lowest BCUT2D eigenvalue weighted by Gasteiger charge is -2.13. The first-order valence-electron chi connectivity index (χ1n) is 7.10. The van der Waals surface area contributed by atoms with Crippen LogP contribution in [0.2, 0.25) is 5.02 Å². The van der Waals surface area contributed by atoms with E-state index in [0.717, 1.165) is 12.1 Å². The van der Waals surface area contributed by atoms with Gasteiger partial charge in [-0.05, 0) is 24.3 Å². The summed E-state index contributed by atoms with van der Waals surface area (Å²) in [5.41, 5.74) is 0.513. The van der Waals surface area contributed by atoms with E-state index in [-0.39, 0.29) is 16.0 Å². The molecule has 0 aliphatic heterocycles. The molecule has 7 heteroatoms. The average molecular weight is 333 g/mol. The number of aromatic nitrogens is 3. The summed E-state index contributed by atoms with van der Waals surface area (Å²) in [6, 6.07) is 5.82. The van der Waals surface area contributed by atoms with Gasteiger partial charge in [-0.1, -0.05) is 18.5 Å². The molecule has 0 atom stereocenters. The Morgan fingerprint density at radius 2 is 2.13 bits per heavy atom. The molecule has 3 rings (SSSR count). The third-order valence-electron chi connectivity index (χ3n) is 3.54. The van der Waals surface area contributed by atoms with E-state index < -0.39 is 5.82 Å². The molecule has 0 amide bonds. The van der Waals surface area contributed by atoms with E-state index in [1.54, 1.807) is 25.4 Å². The Kier molecular flexibility index (Phi) is 4.00. The van der Waals surface area contributed by atoms with E-state index in [1.165, 1.54) is 4.57 Å². The molecule has 0 radical (unpaired) electrons. The lowest BCUT2D eigenvalue weighted by Crippen LogP contribution is -2.24. The van der Waals surface area contributed by atoms with Crippen LogP contribution in [0, 0.1) is 5.82 Å². The quantitative estimate of drug-likeness (QED) is 0.800. The normalized spacial score (nSPS) is 11.0. The molecule has 0 saturated carbocycles. The summed E-state index contributed by atoms with van der Waals surface area (Å²) >= 11 is 6.03. The number of benzene rings is 1. The number of fused-ring (bicyclic) bond motifs is 1. The zero-order valence-electron chi connectivity index (χ0n) is 12.6. The highest BCUT2D eigenvalue weighted by Gasteiger charge is 2.15. The van der Waals surface area contributed by atoms with Gasteiger partial charge in [-0.3, -0.25) is 9.36 Å². The average Bonchev–Trinajstić information content (AvgIpc) is 2.55. The van der Waals surface area contributed by atoms with Crippen LogP contribution >= 0.6 is 11.6 Å². The summed E-state index contributed by atoms with van der Waals surface area (Å²) in [5, 5.41) is 3.18. The van der Waals surface area contributed by atoms with Crippen molar-refractivity contribution in [3.05, 3.63) is 57.5 Å². The van der Waals surface area contributed by atoms with Crippen molar-refractivity contribution in [1.82, 2.24) is 14.5 Å². The van der Waals surface area contributed by atoms with Crippen LogP contribution in [0.25, 0.3) is 16.6 Å². The van der Waals surface area contributed by atoms with Gasteiger partial charge < -0.3 is 5.32 Å². The van der Waals surface area contributed by atoms with E-state index in [2.05, 4.69) is 15.3 Å². The fourth-order valence-corrected chi connectivity index (χ4v) is 2.68. The van der Waals surface area contributed by atoms with Crippen molar-refractivity contribution in [3.8, 4) is 5.69 Å². The third kappa shape index (κ3) is 2.66. The number of halogens is 2. The van der Waals surface area contributed by atoms with Crippen LogP contribution in [0.4, 0.5) is 10.2 Å². The second kappa shape index (κ2) is 5.96. The maximum Gasteiger partial charge on any atom is 0.266 e. The van der Waals surface area contributed by atoms with Crippen molar-refractivity contribution >= 4 is 28.3 Å². The Morgan fingerprint density at radius 1 is 1.35 bits per heavy atom. The maximum atomic E-state index is 13.6. The second-order valence-electron chi connectivity index (χ2n) is 4.96. The zero-order valence-corrected chi connectivity index (χ0v) is 13.4. The molecule has 23 heavy (non-hydrogen) atoms. The Bertz CT molecular complexity index is 937. The highest BCUT2D eigenvalue weighted by atomic mass is 35.5. The number of hydrogen-bond donors (Lipinski definition) is 1. The first-order valence-corrected chi connectivity index (χ1v) is 7.47. The van der Waals surface area contributed by atoms with Crippen molar-refractivity contribution in [3.63, 3.8) is 0 Å². The van der Waals surface area contributed by atoms with Gasteiger partial charge >= 0.3 is 0 Å². The highest BCUT2D eigenvalue weighted by molar-refractivity contribution is 6.35. The van der Waals surface area contributed by atoms with Crippen LogP contribution in [-0.4, -0.2) is 21.6 Å². The van der Waals surface area contributed by atoms with Crippen LogP contribution in [0.1, 0.15) is 12.7 Å². The Labute approximate surface area is 136 Å². The predicted octanol–water partition coefficient (Wildman–Crippen LogP) is 3.18. The molecular formula is C16H14ClFN4O. The first kappa shape index (κ1) is 15.4. The van der Waals surface area contributed by atoms with E-state index in [1.807, 2.05) is 6.92 Å². The Morgan fingerprint density at radius 3 is 2.74 bits per heavy atom. The molecule has 0 spiro atoms. The maximum absolute atomic E-state index is 13.6. The molecule has 118 valence electrons. The number of aryl methyl sites for hydroxylation is 1. The molecule has 0 unspecified atom stereocenters. The molecular weight excluding hydrogens is 319 g/mol. The van der Waals surface area contributed by atoms with Crippen LogP contribution in [0.3, 0.4) is 0 Å². The smallest absolute Gasteiger partial charge is 0.266 e. The van der Waals surface area contributed by atoms with E-state index >= 15 is 0 Å². The fraction of sp³-hybridized carbons (Fsp3) is 0.188. The van der Waals surface area contributed by atoms with Gasteiger partial charge in [0, 0.05) is 13.5 Å². The van der Waals surface area contributed by atoms with E-state index in [0.29, 0.717) is 29.3 Å². The van der Waals surface area contributed by atoms with Crippen LogP contribution in [0.15, 0.2) is 35.3 Å². The molecule has 0 fully saturated rings. The minimum absolute atomic E-state index is 0.127. The highest BCUT2D eigenvalue weighted by Crippen LogP contribution is 2.22. The van der Waals surface area contributed by atoms with Crippen molar-refractivity contribution in [2.45, 2.75) is 13.3 Å². The molecule has 2 heterocycles. The minimum atomic E-state index is -0.569. The monoisotopic (exact) mass is 332 g/mol. The van der Waals surface area contributed by atoms with Crippen LogP contribution < -0.4 is 10.9 Å². The van der Waals surface area contributed by atoms with Crippen molar-refractivity contribution in [2.75, 3.05) is 12.4 Å². The molecule has 1 aromatic carbocycles. The standard InChI is InChI=1S/C16H14ClFN4O/c1-3-14-21-15-11(6-9(18)7-12(15)17)16(23)22(14)10-4-5-13(19-2)20-8-10/h4-8H,3H2,1-2H3,(H,19,20). The number of nitrogens with zero attached hydrogens (tertiary/aromatic N) is 3. The van der Waals surface area contributed by atoms with Crippen LogP contribution in [-0.2, 0) is 6.42 Å². The summed E-state index contributed by atoms with van der Waals surface area (Å²) in [6.45, 7) is 1.89. The number of anilines is 1. The van der Waals surface area contributed by atoms with Crippen molar-refractivity contribution in [1.29, 1.82) is 0 Å². The SMILES string of the molecule is CCc1nc2c(Cl)cc(F)cc2c(=O)n1-c1ccc(NC)nc1. The number of rotatable bonds is 3. The molecule has 0 saturated heterocycles. The van der Waals surface area contributed by atoms with Crippen molar-refractivity contribution < 1.29 is 4.39 Å². The molecule has 2 aromatic heterocycles. The lowest BCUT2D eigenvalue weighted by molar-refractivity contribution is 0.629. The van der Waals surface area contributed by atoms with E-state index in [4.69, 9.17) is 11.6 Å². The Hall–Kier alpha value is -2.47. The van der Waals surface area contributed by atoms with Gasteiger partial charge in [0.25, 0.3) is 5.56 Å². The number of hydrogen-bond acceptors (Lipinski definition) is 4.